The van der Waals surface area contributed by atoms with Crippen LogP contribution in [0.1, 0.15) is 49.5 Å². The zero-order valence-electron chi connectivity index (χ0n) is 22.8. The highest BCUT2D eigenvalue weighted by Gasteiger charge is 2.29. The Labute approximate surface area is 243 Å². The van der Waals surface area contributed by atoms with E-state index in [-0.39, 0.29) is 34.1 Å². The summed E-state index contributed by atoms with van der Waals surface area (Å²) in [4.78, 5) is 52.2. The van der Waals surface area contributed by atoms with E-state index in [0.29, 0.717) is 48.3 Å². The second-order valence-electron chi connectivity index (χ2n) is 10.2. The van der Waals surface area contributed by atoms with Crippen LogP contribution >= 0.6 is 0 Å². The van der Waals surface area contributed by atoms with Crippen molar-refractivity contribution in [3.63, 3.8) is 0 Å². The van der Waals surface area contributed by atoms with Crippen LogP contribution in [0.4, 0.5) is 5.69 Å². The summed E-state index contributed by atoms with van der Waals surface area (Å²) in [5, 5.41) is 5.76. The summed E-state index contributed by atoms with van der Waals surface area (Å²) < 4.78 is 29.4. The first-order valence-corrected chi connectivity index (χ1v) is 14.8. The lowest BCUT2D eigenvalue weighted by Gasteiger charge is -2.33. The number of amides is 2. The molecule has 2 N–H and O–H groups in total. The summed E-state index contributed by atoms with van der Waals surface area (Å²) >= 11 is 0. The van der Waals surface area contributed by atoms with Crippen LogP contribution in [0.15, 0.2) is 89.5 Å². The zero-order valence-corrected chi connectivity index (χ0v) is 23.6. The monoisotopic (exact) mass is 587 g/mol. The van der Waals surface area contributed by atoms with Crippen LogP contribution in [0.5, 0.6) is 0 Å². The Bertz CT molecular complexity index is 1670. The molecule has 1 saturated heterocycles. The van der Waals surface area contributed by atoms with Gasteiger partial charge in [-0.2, -0.15) is 8.42 Å². The molecule has 42 heavy (non-hydrogen) atoms. The average Bonchev–Trinajstić information content (AvgIpc) is 2.99. The fourth-order valence-corrected chi connectivity index (χ4v) is 5.72. The highest BCUT2D eigenvalue weighted by Crippen LogP contribution is 2.22. The molecule has 0 atom stereocenters. The van der Waals surface area contributed by atoms with Gasteiger partial charge >= 0.3 is 0 Å². The van der Waals surface area contributed by atoms with E-state index in [9.17, 15) is 27.6 Å². The van der Waals surface area contributed by atoms with Crippen LogP contribution < -0.4 is 10.6 Å². The van der Waals surface area contributed by atoms with Crippen molar-refractivity contribution in [1.29, 1.82) is 0 Å². The van der Waals surface area contributed by atoms with E-state index in [4.69, 9.17) is 4.18 Å². The first-order chi connectivity index (χ1) is 20.1. The van der Waals surface area contributed by atoms with E-state index in [1.54, 1.807) is 65.6 Å². The summed E-state index contributed by atoms with van der Waals surface area (Å²) in [5.74, 6) is -1.25. The van der Waals surface area contributed by atoms with Crippen LogP contribution in [-0.4, -0.2) is 62.4 Å². The van der Waals surface area contributed by atoms with Gasteiger partial charge in [-0.15, -0.1) is 0 Å². The third-order valence-electron chi connectivity index (χ3n) is 7.17. The van der Waals surface area contributed by atoms with Crippen LogP contribution in [-0.2, 0) is 19.1 Å². The average molecular weight is 588 g/mol. The van der Waals surface area contributed by atoms with E-state index in [0.717, 1.165) is 5.56 Å². The number of fused-ring (bicyclic) bond motifs is 1. The SMILES string of the molecule is Cc1ccc(S(=O)(=O)OCC(=O)Nc2ccc(C(=O)N3CCC(NC4=CC(=O)c5ccccc5C4=O)CC3)cc2)cc1. The summed E-state index contributed by atoms with van der Waals surface area (Å²) in [6, 6.07) is 19.1. The molecule has 0 radical (unpaired) electrons. The highest BCUT2D eigenvalue weighted by molar-refractivity contribution is 7.86. The Morgan fingerprint density at radius 2 is 1.55 bits per heavy atom. The van der Waals surface area contributed by atoms with Crippen LogP contribution in [0.25, 0.3) is 0 Å². The molecule has 0 bridgehead atoms. The number of allylic oxidation sites excluding steroid dienone is 2. The molecule has 1 aliphatic carbocycles. The Hall–Kier alpha value is -4.61. The minimum atomic E-state index is -4.07. The molecule has 2 amide bonds. The maximum atomic E-state index is 13.1. The maximum absolute atomic E-state index is 13.1. The number of likely N-dealkylation sites (tertiary alicyclic amines) is 1. The second-order valence-corrected chi connectivity index (χ2v) is 11.8. The molecule has 1 heterocycles. The molecule has 11 heteroatoms. The number of ketones is 2. The maximum Gasteiger partial charge on any atom is 0.297 e. The van der Waals surface area contributed by atoms with E-state index in [2.05, 4.69) is 10.6 Å². The number of carbonyl (C=O) groups is 4. The van der Waals surface area contributed by atoms with Crippen molar-refractivity contribution in [1.82, 2.24) is 10.2 Å². The molecule has 3 aromatic carbocycles. The molecular formula is C31H29N3O7S. The number of Topliss-reactive ketones (excluding diaryl/α,β-unsaturated/α-hetero) is 1. The molecular weight excluding hydrogens is 558 g/mol. The van der Waals surface area contributed by atoms with E-state index >= 15 is 0 Å². The zero-order chi connectivity index (χ0) is 29.9. The summed E-state index contributed by atoms with van der Waals surface area (Å²) in [7, 11) is -4.07. The topological polar surface area (TPSA) is 139 Å². The van der Waals surface area contributed by atoms with Crippen molar-refractivity contribution in [3.05, 3.63) is 107 Å². The van der Waals surface area contributed by atoms with Crippen molar-refractivity contribution in [2.75, 3.05) is 25.0 Å². The number of nitrogens with zero attached hydrogens (tertiary/aromatic N) is 1. The number of nitrogens with one attached hydrogen (secondary N) is 2. The second kappa shape index (κ2) is 12.1. The predicted octanol–water partition coefficient (Wildman–Crippen LogP) is 3.50. The van der Waals surface area contributed by atoms with Gasteiger partial charge in [0.2, 0.25) is 5.78 Å². The molecule has 2 aliphatic rings. The van der Waals surface area contributed by atoms with Crippen molar-refractivity contribution in [2.24, 2.45) is 0 Å². The lowest BCUT2D eigenvalue weighted by molar-refractivity contribution is -0.118. The number of benzene rings is 3. The van der Waals surface area contributed by atoms with Gasteiger partial charge < -0.3 is 15.5 Å². The van der Waals surface area contributed by atoms with E-state index in [1.165, 1.54) is 18.2 Å². The number of hydrogen-bond acceptors (Lipinski definition) is 8. The first kappa shape index (κ1) is 28.9. The molecule has 216 valence electrons. The number of piperidine rings is 1. The molecule has 0 saturated carbocycles. The van der Waals surface area contributed by atoms with Crippen LogP contribution in [0.3, 0.4) is 0 Å². The molecule has 1 fully saturated rings. The lowest BCUT2D eigenvalue weighted by atomic mass is 9.92. The quantitative estimate of drug-likeness (QED) is 0.382. The van der Waals surface area contributed by atoms with Crippen molar-refractivity contribution in [2.45, 2.75) is 30.7 Å². The van der Waals surface area contributed by atoms with E-state index < -0.39 is 22.6 Å². The molecule has 1 aliphatic heterocycles. The minimum absolute atomic E-state index is 0.0379. The fraction of sp³-hybridized carbons (Fsp3) is 0.226. The van der Waals surface area contributed by atoms with Crippen LogP contribution in [0.2, 0.25) is 0 Å². The first-order valence-electron chi connectivity index (χ1n) is 13.4. The molecule has 0 spiro atoms. The summed E-state index contributed by atoms with van der Waals surface area (Å²) in [6.07, 6.45) is 2.55. The number of hydrogen-bond donors (Lipinski definition) is 2. The van der Waals surface area contributed by atoms with Gasteiger partial charge in [-0.25, -0.2) is 0 Å². The number of aryl methyl sites for hydroxylation is 1. The fourth-order valence-electron chi connectivity index (χ4n) is 4.85. The molecule has 3 aromatic rings. The van der Waals surface area contributed by atoms with E-state index in [1.807, 2.05) is 6.92 Å². The summed E-state index contributed by atoms with van der Waals surface area (Å²) in [6.45, 7) is 2.07. The Morgan fingerprint density at radius 1 is 0.905 bits per heavy atom. The van der Waals surface area contributed by atoms with Gasteiger partial charge in [0.15, 0.2) is 5.78 Å². The van der Waals surface area contributed by atoms with Gasteiger partial charge in [0.1, 0.15) is 6.61 Å². The Morgan fingerprint density at radius 3 is 2.21 bits per heavy atom. The van der Waals surface area contributed by atoms with Gasteiger partial charge in [0.25, 0.3) is 21.9 Å². The number of rotatable bonds is 8. The normalized spacial score (nSPS) is 15.5. The van der Waals surface area contributed by atoms with Gasteiger partial charge in [0, 0.05) is 47.6 Å². The predicted molar refractivity (Wildman–Crippen MR) is 155 cm³/mol. The van der Waals surface area contributed by atoms with Gasteiger partial charge in [0.05, 0.1) is 10.6 Å². The van der Waals surface area contributed by atoms with Crippen molar-refractivity contribution in [3.8, 4) is 0 Å². The highest BCUT2D eigenvalue weighted by atomic mass is 32.2. The smallest absolute Gasteiger partial charge is 0.297 e. The Balaban J connectivity index is 1.10. The molecule has 10 nitrogen and oxygen atoms in total. The van der Waals surface area contributed by atoms with Crippen molar-refractivity contribution < 1.29 is 31.8 Å². The number of carbonyl (C=O) groups excluding carboxylic acids is 4. The third kappa shape index (κ3) is 6.48. The third-order valence-corrected chi connectivity index (χ3v) is 8.45. The largest absolute Gasteiger partial charge is 0.379 e. The number of anilines is 1. The molecule has 5 rings (SSSR count). The standard InChI is InChI=1S/C31H29N3O7S/c1-20-6-12-24(13-7-20)42(39,40)41-19-29(36)33-22-10-8-21(9-11-22)31(38)34-16-14-23(15-17-34)32-27-18-28(35)25-4-2-3-5-26(25)30(27)37/h2-13,18,23,32H,14-17,19H2,1H3,(H,33,36). The Kier molecular flexibility index (Phi) is 8.32. The van der Waals surface area contributed by atoms with Crippen molar-refractivity contribution >= 4 is 39.2 Å². The minimum Gasteiger partial charge on any atom is -0.379 e. The summed E-state index contributed by atoms with van der Waals surface area (Å²) in [5.41, 5.74) is 2.78. The van der Waals surface area contributed by atoms with Gasteiger partial charge in [-0.3, -0.25) is 23.4 Å². The lowest BCUT2D eigenvalue weighted by Crippen LogP contribution is -2.45. The van der Waals surface area contributed by atoms with Crippen LogP contribution in [0, 0.1) is 6.92 Å². The van der Waals surface area contributed by atoms with Gasteiger partial charge in [-0.1, -0.05) is 42.0 Å². The molecule has 0 aromatic heterocycles. The molecule has 0 unspecified atom stereocenters. The van der Waals surface area contributed by atoms with Gasteiger partial charge in [-0.05, 0) is 56.2 Å².